The summed E-state index contributed by atoms with van der Waals surface area (Å²) in [5, 5.41) is 14.5. The van der Waals surface area contributed by atoms with Crippen molar-refractivity contribution in [3.8, 4) is 0 Å². The lowest BCUT2D eigenvalue weighted by molar-refractivity contribution is 0.981. The van der Waals surface area contributed by atoms with Gasteiger partial charge in [0.25, 0.3) is 0 Å². The smallest absolute Gasteiger partial charge is 0.249 e. The molecule has 0 fully saturated rings. The van der Waals surface area contributed by atoms with E-state index in [1.807, 2.05) is 44.2 Å². The van der Waals surface area contributed by atoms with E-state index < -0.39 is 0 Å². The van der Waals surface area contributed by atoms with E-state index in [1.54, 1.807) is 6.20 Å². The number of hydrogen-bond donors (Lipinski definition) is 2. The molecule has 0 saturated heterocycles. The van der Waals surface area contributed by atoms with Crippen LogP contribution in [0.25, 0.3) is 0 Å². The van der Waals surface area contributed by atoms with E-state index in [1.165, 1.54) is 11.1 Å². The van der Waals surface area contributed by atoms with Gasteiger partial charge < -0.3 is 10.6 Å². The number of aryl methyl sites for hydroxylation is 3. The summed E-state index contributed by atoms with van der Waals surface area (Å²) in [6.07, 6.45) is 1.60. The average Bonchev–Trinajstić information content (AvgIpc) is 2.53. The molecule has 0 atom stereocenters. The maximum absolute atomic E-state index is 4.47. The van der Waals surface area contributed by atoms with Gasteiger partial charge in [0.1, 0.15) is 0 Å². The van der Waals surface area contributed by atoms with Crippen LogP contribution < -0.4 is 10.6 Å². The van der Waals surface area contributed by atoms with Crippen molar-refractivity contribution in [2.75, 3.05) is 10.6 Å². The van der Waals surface area contributed by atoms with Gasteiger partial charge in [0.15, 0.2) is 5.82 Å². The van der Waals surface area contributed by atoms with Gasteiger partial charge in [-0.2, -0.15) is 10.1 Å². The molecule has 5 nitrogen and oxygen atoms in total. The third kappa shape index (κ3) is 3.89. The zero-order valence-electron chi connectivity index (χ0n) is 13.8. The highest BCUT2D eigenvalue weighted by molar-refractivity contribution is 9.10. The molecule has 0 amide bonds. The summed E-state index contributed by atoms with van der Waals surface area (Å²) >= 11 is 3.55. The van der Waals surface area contributed by atoms with Crippen LogP contribution in [0.5, 0.6) is 0 Å². The topological polar surface area (TPSA) is 62.7 Å². The molecule has 0 unspecified atom stereocenters. The SMILES string of the molecule is Cc1ccc(Nc2nncc(Nc3ccc(C)cc3Br)n2)c(C)c1. The first kappa shape index (κ1) is 16.4. The van der Waals surface area contributed by atoms with Gasteiger partial charge in [0.2, 0.25) is 5.95 Å². The van der Waals surface area contributed by atoms with Gasteiger partial charge in [-0.3, -0.25) is 0 Å². The molecule has 2 aromatic carbocycles. The second-order valence-corrected chi connectivity index (χ2v) is 6.57. The largest absolute Gasteiger partial charge is 0.338 e. The number of nitrogens with one attached hydrogen (secondary N) is 2. The van der Waals surface area contributed by atoms with Crippen molar-refractivity contribution in [3.05, 3.63) is 63.8 Å². The number of nitrogens with zero attached hydrogens (tertiary/aromatic N) is 3. The third-order valence-electron chi connectivity index (χ3n) is 3.57. The monoisotopic (exact) mass is 383 g/mol. The van der Waals surface area contributed by atoms with Crippen molar-refractivity contribution in [1.29, 1.82) is 0 Å². The van der Waals surface area contributed by atoms with Crippen LogP contribution in [-0.4, -0.2) is 15.2 Å². The van der Waals surface area contributed by atoms with Crippen molar-refractivity contribution in [2.24, 2.45) is 0 Å². The van der Waals surface area contributed by atoms with E-state index in [-0.39, 0.29) is 0 Å². The first-order valence-corrected chi connectivity index (χ1v) is 8.38. The van der Waals surface area contributed by atoms with E-state index in [9.17, 15) is 0 Å². The number of anilines is 4. The van der Waals surface area contributed by atoms with Gasteiger partial charge >= 0.3 is 0 Å². The molecule has 2 N–H and O–H groups in total. The summed E-state index contributed by atoms with van der Waals surface area (Å²) in [6, 6.07) is 12.3. The lowest BCUT2D eigenvalue weighted by Gasteiger charge is -2.11. The highest BCUT2D eigenvalue weighted by Crippen LogP contribution is 2.26. The fourth-order valence-corrected chi connectivity index (χ4v) is 2.94. The molecule has 3 aromatic rings. The molecule has 0 aliphatic carbocycles. The third-order valence-corrected chi connectivity index (χ3v) is 4.23. The van der Waals surface area contributed by atoms with Gasteiger partial charge in [-0.05, 0) is 66.0 Å². The molecule has 0 aliphatic rings. The van der Waals surface area contributed by atoms with Gasteiger partial charge in [-0.25, -0.2) is 0 Å². The maximum Gasteiger partial charge on any atom is 0.249 e. The van der Waals surface area contributed by atoms with Crippen LogP contribution in [0.1, 0.15) is 16.7 Å². The Kier molecular flexibility index (Phi) is 4.76. The Morgan fingerprint density at radius 2 is 1.58 bits per heavy atom. The second kappa shape index (κ2) is 6.97. The Morgan fingerprint density at radius 1 is 0.875 bits per heavy atom. The average molecular weight is 384 g/mol. The molecule has 0 saturated carbocycles. The molecule has 0 spiro atoms. The molecule has 1 aromatic heterocycles. The summed E-state index contributed by atoms with van der Waals surface area (Å²) in [7, 11) is 0. The van der Waals surface area contributed by atoms with Gasteiger partial charge in [-0.15, -0.1) is 5.10 Å². The summed E-state index contributed by atoms with van der Waals surface area (Å²) < 4.78 is 0.977. The fraction of sp³-hybridized carbons (Fsp3) is 0.167. The fourth-order valence-electron chi connectivity index (χ4n) is 2.35. The number of halogens is 1. The standard InChI is InChI=1S/C18H18BrN5/c1-11-4-6-15(13(3)8-11)22-18-23-17(10-20-24-18)21-16-7-5-12(2)9-14(16)19/h4-10H,1-3H3,(H2,21,22,23,24). The molecule has 0 aliphatic heterocycles. The molecule has 1 heterocycles. The first-order valence-electron chi connectivity index (χ1n) is 7.58. The minimum Gasteiger partial charge on any atom is -0.338 e. The number of benzene rings is 2. The lowest BCUT2D eigenvalue weighted by Crippen LogP contribution is -2.03. The maximum atomic E-state index is 4.47. The van der Waals surface area contributed by atoms with Crippen LogP contribution in [0.15, 0.2) is 47.1 Å². The van der Waals surface area contributed by atoms with Crippen LogP contribution in [0, 0.1) is 20.8 Å². The summed E-state index contributed by atoms with van der Waals surface area (Å²) in [5.74, 6) is 1.08. The highest BCUT2D eigenvalue weighted by atomic mass is 79.9. The molecule has 24 heavy (non-hydrogen) atoms. The molecule has 0 bridgehead atoms. The van der Waals surface area contributed by atoms with Crippen LogP contribution in [0.4, 0.5) is 23.1 Å². The zero-order chi connectivity index (χ0) is 17.1. The number of rotatable bonds is 4. The Morgan fingerprint density at radius 3 is 2.29 bits per heavy atom. The lowest BCUT2D eigenvalue weighted by atomic mass is 10.1. The molecule has 3 rings (SSSR count). The second-order valence-electron chi connectivity index (χ2n) is 5.72. The Hall–Kier alpha value is -2.47. The first-order chi connectivity index (χ1) is 11.5. The van der Waals surface area contributed by atoms with Crippen molar-refractivity contribution < 1.29 is 0 Å². The predicted molar refractivity (Wildman–Crippen MR) is 101 cm³/mol. The van der Waals surface area contributed by atoms with Crippen LogP contribution in [-0.2, 0) is 0 Å². The van der Waals surface area contributed by atoms with Crippen LogP contribution in [0.3, 0.4) is 0 Å². The summed E-state index contributed by atoms with van der Waals surface area (Å²) in [5.41, 5.74) is 5.44. The summed E-state index contributed by atoms with van der Waals surface area (Å²) in [4.78, 5) is 4.47. The zero-order valence-corrected chi connectivity index (χ0v) is 15.3. The van der Waals surface area contributed by atoms with E-state index in [2.05, 4.69) is 54.7 Å². The Labute approximate surface area is 149 Å². The van der Waals surface area contributed by atoms with Crippen LogP contribution >= 0.6 is 15.9 Å². The molecule has 6 heteroatoms. The van der Waals surface area contributed by atoms with Crippen molar-refractivity contribution in [3.63, 3.8) is 0 Å². The Bertz CT molecular complexity index is 810. The van der Waals surface area contributed by atoms with E-state index in [0.717, 1.165) is 21.4 Å². The predicted octanol–water partition coefficient (Wildman–Crippen LogP) is 5.05. The van der Waals surface area contributed by atoms with Crippen molar-refractivity contribution >= 4 is 39.1 Å². The molecular weight excluding hydrogens is 366 g/mol. The van der Waals surface area contributed by atoms with Crippen molar-refractivity contribution in [2.45, 2.75) is 20.8 Å². The number of hydrogen-bond acceptors (Lipinski definition) is 5. The van der Waals surface area contributed by atoms with E-state index in [4.69, 9.17) is 0 Å². The van der Waals surface area contributed by atoms with Crippen LogP contribution in [0.2, 0.25) is 0 Å². The van der Waals surface area contributed by atoms with Gasteiger partial charge in [0, 0.05) is 10.2 Å². The Balaban J connectivity index is 1.81. The van der Waals surface area contributed by atoms with Gasteiger partial charge in [0.05, 0.1) is 11.9 Å². The molecular formula is C18H18BrN5. The quantitative estimate of drug-likeness (QED) is 0.659. The van der Waals surface area contributed by atoms with Crippen molar-refractivity contribution in [1.82, 2.24) is 15.2 Å². The normalized spacial score (nSPS) is 10.5. The highest BCUT2D eigenvalue weighted by Gasteiger charge is 2.06. The summed E-state index contributed by atoms with van der Waals surface area (Å²) in [6.45, 7) is 6.17. The minimum absolute atomic E-state index is 0.454. The van der Waals surface area contributed by atoms with E-state index in [0.29, 0.717) is 11.8 Å². The van der Waals surface area contributed by atoms with E-state index >= 15 is 0 Å². The molecule has 0 radical (unpaired) electrons. The minimum atomic E-state index is 0.454. The number of aromatic nitrogens is 3. The van der Waals surface area contributed by atoms with Gasteiger partial charge in [-0.1, -0.05) is 23.8 Å². The molecule has 122 valence electrons.